The Kier molecular flexibility index (Phi) is 7.08. The van der Waals surface area contributed by atoms with Gasteiger partial charge in [0.05, 0.1) is 11.6 Å². The van der Waals surface area contributed by atoms with Gasteiger partial charge in [-0.3, -0.25) is 9.59 Å². The minimum Gasteiger partial charge on any atom is -0.503 e. The molecule has 0 aromatic heterocycles. The van der Waals surface area contributed by atoms with Crippen LogP contribution in [0.1, 0.15) is 23.6 Å². The van der Waals surface area contributed by atoms with Gasteiger partial charge in [-0.05, 0) is 56.4 Å². The molecule has 2 aromatic rings. The molecule has 0 saturated carbocycles. The van der Waals surface area contributed by atoms with Crippen LogP contribution in [0, 0.1) is 0 Å². The standard InChI is InChI=1S/C24H25ClN2O3/c1-26(2)15-6-16-27-22(18-10-12-19(25)13-11-18)21(23(29)24(27)30)20(28)14-9-17-7-4-3-5-8-17/h3-5,7-14,22,29H,6,15-16H2,1-2H3. The number of rotatable bonds is 8. The van der Waals surface area contributed by atoms with Crippen LogP contribution in [-0.2, 0) is 9.59 Å². The molecule has 156 valence electrons. The average molecular weight is 425 g/mol. The first kappa shape index (κ1) is 21.8. The number of allylic oxidation sites excluding steroid dienone is 1. The second-order valence-electron chi connectivity index (χ2n) is 7.48. The number of carbonyl (C=O) groups is 2. The molecule has 0 saturated heterocycles. The van der Waals surface area contributed by atoms with Crippen molar-refractivity contribution in [2.45, 2.75) is 12.5 Å². The second-order valence-corrected chi connectivity index (χ2v) is 7.92. The third kappa shape index (κ3) is 4.99. The molecule has 0 radical (unpaired) electrons. The molecule has 1 amide bonds. The highest BCUT2D eigenvalue weighted by Gasteiger charge is 2.42. The summed E-state index contributed by atoms with van der Waals surface area (Å²) in [5, 5.41) is 11.1. The zero-order valence-electron chi connectivity index (χ0n) is 17.1. The van der Waals surface area contributed by atoms with Gasteiger partial charge in [0, 0.05) is 11.6 Å². The first-order valence-corrected chi connectivity index (χ1v) is 10.2. The summed E-state index contributed by atoms with van der Waals surface area (Å²) in [6.07, 6.45) is 3.80. The van der Waals surface area contributed by atoms with Gasteiger partial charge < -0.3 is 14.9 Å². The number of amides is 1. The van der Waals surface area contributed by atoms with Crippen molar-refractivity contribution in [2.75, 3.05) is 27.2 Å². The molecule has 1 unspecified atom stereocenters. The zero-order valence-corrected chi connectivity index (χ0v) is 17.8. The van der Waals surface area contributed by atoms with Crippen LogP contribution in [0.2, 0.25) is 5.02 Å². The molecule has 1 aliphatic rings. The summed E-state index contributed by atoms with van der Waals surface area (Å²) >= 11 is 6.02. The minimum atomic E-state index is -0.648. The van der Waals surface area contributed by atoms with E-state index < -0.39 is 17.7 Å². The minimum absolute atomic E-state index is 0.0966. The third-order valence-corrected chi connectivity index (χ3v) is 5.24. The number of hydrogen-bond donors (Lipinski definition) is 1. The van der Waals surface area contributed by atoms with E-state index in [4.69, 9.17) is 11.6 Å². The van der Waals surface area contributed by atoms with Gasteiger partial charge in [-0.1, -0.05) is 60.1 Å². The first-order valence-electron chi connectivity index (χ1n) is 9.80. The van der Waals surface area contributed by atoms with Crippen molar-refractivity contribution in [1.82, 2.24) is 9.80 Å². The number of hydrogen-bond acceptors (Lipinski definition) is 4. The maximum atomic E-state index is 13.0. The third-order valence-electron chi connectivity index (χ3n) is 4.99. The van der Waals surface area contributed by atoms with Crippen molar-refractivity contribution in [2.24, 2.45) is 0 Å². The molecule has 5 nitrogen and oxygen atoms in total. The van der Waals surface area contributed by atoms with E-state index in [0.717, 1.165) is 24.1 Å². The molecule has 2 aromatic carbocycles. The summed E-state index contributed by atoms with van der Waals surface area (Å²) in [5.41, 5.74) is 1.69. The van der Waals surface area contributed by atoms with Gasteiger partial charge in [0.2, 0.25) is 0 Å². The van der Waals surface area contributed by atoms with E-state index in [2.05, 4.69) is 0 Å². The van der Waals surface area contributed by atoms with Gasteiger partial charge in [-0.15, -0.1) is 0 Å². The molecule has 1 aliphatic heterocycles. The highest BCUT2D eigenvalue weighted by atomic mass is 35.5. The van der Waals surface area contributed by atoms with Crippen molar-refractivity contribution in [3.05, 3.63) is 88.2 Å². The van der Waals surface area contributed by atoms with E-state index in [1.165, 1.54) is 6.08 Å². The van der Waals surface area contributed by atoms with Crippen LogP contribution in [0.15, 0.2) is 72.0 Å². The summed E-state index contributed by atoms with van der Waals surface area (Å²) in [7, 11) is 3.92. The smallest absolute Gasteiger partial charge is 0.290 e. The van der Waals surface area contributed by atoms with Crippen molar-refractivity contribution in [3.8, 4) is 0 Å². The molecule has 1 atom stereocenters. The van der Waals surface area contributed by atoms with Crippen molar-refractivity contribution in [1.29, 1.82) is 0 Å². The van der Waals surface area contributed by atoms with Crippen LogP contribution in [0.4, 0.5) is 0 Å². The zero-order chi connectivity index (χ0) is 21.7. The van der Waals surface area contributed by atoms with Crippen molar-refractivity contribution in [3.63, 3.8) is 0 Å². The van der Waals surface area contributed by atoms with Gasteiger partial charge >= 0.3 is 0 Å². The van der Waals surface area contributed by atoms with Gasteiger partial charge in [-0.25, -0.2) is 0 Å². The Hall–Kier alpha value is -2.89. The van der Waals surface area contributed by atoms with Crippen molar-refractivity contribution < 1.29 is 14.7 Å². The quantitative estimate of drug-likeness (QED) is 0.643. The Balaban J connectivity index is 1.93. The summed E-state index contributed by atoms with van der Waals surface area (Å²) in [4.78, 5) is 29.4. The number of benzene rings is 2. The first-order chi connectivity index (χ1) is 14.4. The molecule has 1 heterocycles. The Morgan fingerprint density at radius 1 is 1.13 bits per heavy atom. The van der Waals surface area contributed by atoms with Crippen LogP contribution >= 0.6 is 11.6 Å². The topological polar surface area (TPSA) is 60.9 Å². The highest BCUT2D eigenvalue weighted by Crippen LogP contribution is 2.38. The van der Waals surface area contributed by atoms with E-state index in [1.54, 1.807) is 35.2 Å². The van der Waals surface area contributed by atoms with E-state index in [9.17, 15) is 14.7 Å². The maximum Gasteiger partial charge on any atom is 0.290 e. The van der Waals surface area contributed by atoms with E-state index in [-0.39, 0.29) is 11.4 Å². The molecule has 0 bridgehead atoms. The molecular formula is C24H25ClN2O3. The normalized spacial score (nSPS) is 16.9. The molecule has 6 heteroatoms. The van der Waals surface area contributed by atoms with Crippen LogP contribution in [0.5, 0.6) is 0 Å². The molecule has 3 rings (SSSR count). The summed E-state index contributed by atoms with van der Waals surface area (Å²) in [6, 6.07) is 15.8. The largest absolute Gasteiger partial charge is 0.503 e. The lowest BCUT2D eigenvalue weighted by atomic mass is 9.95. The van der Waals surface area contributed by atoms with Gasteiger partial charge in [-0.2, -0.15) is 0 Å². The fraction of sp³-hybridized carbons (Fsp3) is 0.250. The van der Waals surface area contributed by atoms with Gasteiger partial charge in [0.25, 0.3) is 5.91 Å². The summed E-state index contributed by atoms with van der Waals surface area (Å²) in [5.74, 6) is -1.40. The maximum absolute atomic E-state index is 13.0. The molecule has 30 heavy (non-hydrogen) atoms. The Labute approximate surface area is 181 Å². The lowest BCUT2D eigenvalue weighted by Crippen LogP contribution is -2.33. The number of halogens is 1. The average Bonchev–Trinajstić information content (AvgIpc) is 2.98. The van der Waals surface area contributed by atoms with Gasteiger partial charge in [0.15, 0.2) is 11.5 Å². The predicted molar refractivity (Wildman–Crippen MR) is 119 cm³/mol. The second kappa shape index (κ2) is 9.74. The van der Waals surface area contributed by atoms with Crippen LogP contribution in [0.25, 0.3) is 6.08 Å². The number of carbonyl (C=O) groups excluding carboxylic acids is 2. The lowest BCUT2D eigenvalue weighted by Gasteiger charge is -2.27. The van der Waals surface area contributed by atoms with E-state index in [1.807, 2.05) is 49.3 Å². The van der Waals surface area contributed by atoms with E-state index in [0.29, 0.717) is 11.6 Å². The summed E-state index contributed by atoms with van der Waals surface area (Å²) < 4.78 is 0. The molecule has 0 fully saturated rings. The fourth-order valence-electron chi connectivity index (χ4n) is 3.51. The van der Waals surface area contributed by atoms with Crippen LogP contribution in [-0.4, -0.2) is 53.8 Å². The summed E-state index contributed by atoms with van der Waals surface area (Å²) in [6.45, 7) is 1.21. The molecular weight excluding hydrogens is 400 g/mol. The number of ketones is 1. The Bertz CT molecular complexity index is 966. The predicted octanol–water partition coefficient (Wildman–Crippen LogP) is 4.27. The monoisotopic (exact) mass is 424 g/mol. The highest BCUT2D eigenvalue weighted by molar-refractivity contribution is 6.30. The number of aliphatic hydroxyl groups is 1. The number of aliphatic hydroxyl groups excluding tert-OH is 1. The SMILES string of the molecule is CN(C)CCCN1C(=O)C(O)=C(C(=O)C=Cc2ccccc2)C1c1ccc(Cl)cc1. The molecule has 1 N–H and O–H groups in total. The van der Waals surface area contributed by atoms with E-state index >= 15 is 0 Å². The molecule has 0 spiro atoms. The number of nitrogens with zero attached hydrogens (tertiary/aromatic N) is 2. The lowest BCUT2D eigenvalue weighted by molar-refractivity contribution is -0.129. The van der Waals surface area contributed by atoms with Crippen LogP contribution < -0.4 is 0 Å². The Morgan fingerprint density at radius 2 is 1.80 bits per heavy atom. The fourth-order valence-corrected chi connectivity index (χ4v) is 3.64. The molecule has 0 aliphatic carbocycles. The van der Waals surface area contributed by atoms with Crippen molar-refractivity contribution >= 4 is 29.4 Å². The van der Waals surface area contributed by atoms with Crippen LogP contribution in [0.3, 0.4) is 0 Å². The Morgan fingerprint density at radius 3 is 2.43 bits per heavy atom. The van der Waals surface area contributed by atoms with Gasteiger partial charge in [0.1, 0.15) is 0 Å².